The van der Waals surface area contributed by atoms with Crippen molar-refractivity contribution >= 4 is 23.0 Å². The number of amides is 1. The number of benzene rings is 2. The summed E-state index contributed by atoms with van der Waals surface area (Å²) < 4.78 is 14.9. The van der Waals surface area contributed by atoms with E-state index in [0.29, 0.717) is 10.6 Å². The highest BCUT2D eigenvalue weighted by molar-refractivity contribution is 6.33. The van der Waals surface area contributed by atoms with E-state index in [1.165, 1.54) is 12.1 Å². The summed E-state index contributed by atoms with van der Waals surface area (Å²) in [5.74, 6) is -0.451. The third-order valence-electron chi connectivity index (χ3n) is 4.37. The molecule has 27 heavy (non-hydrogen) atoms. The Kier molecular flexibility index (Phi) is 4.38. The first kappa shape index (κ1) is 17.2. The van der Waals surface area contributed by atoms with Gasteiger partial charge in [-0.15, -0.1) is 0 Å². The first-order valence-electron chi connectivity index (χ1n) is 8.32. The fourth-order valence-corrected chi connectivity index (χ4v) is 3.18. The van der Waals surface area contributed by atoms with Gasteiger partial charge in [-0.3, -0.25) is 4.79 Å². The van der Waals surface area contributed by atoms with E-state index in [1.54, 1.807) is 41.9 Å². The Balaban J connectivity index is 1.78. The van der Waals surface area contributed by atoms with E-state index in [2.05, 4.69) is 10.4 Å². The van der Waals surface area contributed by atoms with Crippen LogP contribution in [0.3, 0.4) is 0 Å². The Hall–Kier alpha value is -3.18. The molecular formula is C21H15ClFN3O. The Morgan fingerprint density at radius 3 is 2.56 bits per heavy atom. The molecule has 2 heterocycles. The Bertz CT molecular complexity index is 1150. The zero-order valence-electron chi connectivity index (χ0n) is 14.4. The molecule has 0 spiro atoms. The number of hydrogen-bond acceptors (Lipinski definition) is 2. The van der Waals surface area contributed by atoms with E-state index < -0.39 is 0 Å². The van der Waals surface area contributed by atoms with Crippen molar-refractivity contribution in [2.75, 3.05) is 7.05 Å². The number of carbonyl (C=O) groups excluding carboxylic acids is 1. The molecule has 0 aliphatic heterocycles. The van der Waals surface area contributed by atoms with E-state index in [-0.39, 0.29) is 11.7 Å². The van der Waals surface area contributed by atoms with E-state index >= 15 is 0 Å². The largest absolute Gasteiger partial charge is 0.355 e. The highest BCUT2D eigenvalue weighted by atomic mass is 35.5. The molecule has 0 saturated carbocycles. The van der Waals surface area contributed by atoms with Gasteiger partial charge in [0, 0.05) is 35.0 Å². The van der Waals surface area contributed by atoms with Gasteiger partial charge in [-0.1, -0.05) is 11.6 Å². The monoisotopic (exact) mass is 379 g/mol. The van der Waals surface area contributed by atoms with Gasteiger partial charge in [0.1, 0.15) is 5.82 Å². The van der Waals surface area contributed by atoms with Crippen LogP contribution in [0.4, 0.5) is 4.39 Å². The zero-order valence-corrected chi connectivity index (χ0v) is 15.2. The average molecular weight is 380 g/mol. The second-order valence-corrected chi connectivity index (χ2v) is 6.50. The maximum atomic E-state index is 13.1. The number of nitrogens with one attached hydrogen (secondary N) is 1. The molecule has 0 saturated heterocycles. The van der Waals surface area contributed by atoms with E-state index in [1.807, 2.05) is 24.4 Å². The molecule has 0 radical (unpaired) electrons. The summed E-state index contributed by atoms with van der Waals surface area (Å²) in [6.07, 6.45) is 1.83. The normalized spacial score (nSPS) is 10.9. The molecule has 1 N–H and O–H groups in total. The SMILES string of the molecule is CNC(=O)c1ccc(Cl)c(-c2ccn3nc(-c4ccc(F)cc4)cc3c2)c1. The number of pyridine rings is 1. The Morgan fingerprint density at radius 2 is 1.81 bits per heavy atom. The first-order chi connectivity index (χ1) is 13.0. The highest BCUT2D eigenvalue weighted by Gasteiger charge is 2.11. The summed E-state index contributed by atoms with van der Waals surface area (Å²) in [6, 6.07) is 17.2. The second-order valence-electron chi connectivity index (χ2n) is 6.10. The van der Waals surface area contributed by atoms with Crippen LogP contribution in [0.5, 0.6) is 0 Å². The van der Waals surface area contributed by atoms with Crippen molar-refractivity contribution in [3.05, 3.63) is 83.3 Å². The number of fused-ring (bicyclic) bond motifs is 1. The van der Waals surface area contributed by atoms with E-state index in [0.717, 1.165) is 27.9 Å². The lowest BCUT2D eigenvalue weighted by Gasteiger charge is -2.08. The van der Waals surface area contributed by atoms with Gasteiger partial charge >= 0.3 is 0 Å². The van der Waals surface area contributed by atoms with Crippen molar-refractivity contribution in [2.45, 2.75) is 0 Å². The van der Waals surface area contributed by atoms with Crippen LogP contribution in [0.2, 0.25) is 5.02 Å². The Morgan fingerprint density at radius 1 is 1.04 bits per heavy atom. The molecule has 4 nitrogen and oxygen atoms in total. The van der Waals surface area contributed by atoms with E-state index in [9.17, 15) is 9.18 Å². The van der Waals surface area contributed by atoms with Crippen LogP contribution in [0, 0.1) is 5.82 Å². The molecule has 0 fully saturated rings. The van der Waals surface area contributed by atoms with Gasteiger partial charge in [0.25, 0.3) is 5.91 Å². The fraction of sp³-hybridized carbons (Fsp3) is 0.0476. The maximum Gasteiger partial charge on any atom is 0.251 e. The molecule has 0 bridgehead atoms. The molecule has 4 rings (SSSR count). The van der Waals surface area contributed by atoms with Crippen LogP contribution in [-0.2, 0) is 0 Å². The molecule has 1 amide bonds. The van der Waals surface area contributed by atoms with Crippen LogP contribution in [0.15, 0.2) is 66.9 Å². The molecule has 0 aliphatic carbocycles. The molecule has 4 aromatic rings. The predicted molar refractivity (Wildman–Crippen MR) is 104 cm³/mol. The van der Waals surface area contributed by atoms with Crippen molar-refractivity contribution in [3.8, 4) is 22.4 Å². The van der Waals surface area contributed by atoms with Crippen molar-refractivity contribution in [1.29, 1.82) is 0 Å². The number of halogens is 2. The van der Waals surface area contributed by atoms with Gasteiger partial charge < -0.3 is 5.32 Å². The second kappa shape index (κ2) is 6.85. The minimum atomic E-state index is -0.282. The van der Waals surface area contributed by atoms with Crippen LogP contribution in [0.25, 0.3) is 27.9 Å². The predicted octanol–water partition coefficient (Wildman–Crippen LogP) is 4.82. The smallest absolute Gasteiger partial charge is 0.251 e. The molecule has 2 aromatic heterocycles. The number of rotatable bonds is 3. The summed E-state index contributed by atoms with van der Waals surface area (Å²) in [5.41, 5.74) is 4.64. The topological polar surface area (TPSA) is 46.4 Å². The summed E-state index contributed by atoms with van der Waals surface area (Å²) >= 11 is 6.36. The standard InChI is InChI=1S/C21H15ClFN3O/c1-24-21(27)15-4-7-19(22)18(11-15)14-8-9-26-17(10-14)12-20(25-26)13-2-5-16(23)6-3-13/h2-12H,1H3,(H,24,27). The lowest BCUT2D eigenvalue weighted by molar-refractivity contribution is 0.0963. The minimum Gasteiger partial charge on any atom is -0.355 e. The minimum absolute atomic E-state index is 0.169. The lowest BCUT2D eigenvalue weighted by Crippen LogP contribution is -2.17. The molecule has 6 heteroatoms. The molecule has 0 atom stereocenters. The summed E-state index contributed by atoms with van der Waals surface area (Å²) in [5, 5.41) is 7.70. The van der Waals surface area contributed by atoms with Crippen LogP contribution in [0.1, 0.15) is 10.4 Å². The van der Waals surface area contributed by atoms with Crippen molar-refractivity contribution < 1.29 is 9.18 Å². The van der Waals surface area contributed by atoms with Gasteiger partial charge in [-0.2, -0.15) is 5.10 Å². The van der Waals surface area contributed by atoms with Gasteiger partial charge in [-0.05, 0) is 66.2 Å². The number of hydrogen-bond donors (Lipinski definition) is 1. The van der Waals surface area contributed by atoms with Crippen LogP contribution >= 0.6 is 11.6 Å². The average Bonchev–Trinajstić information content (AvgIpc) is 3.11. The third kappa shape index (κ3) is 3.29. The molecule has 0 unspecified atom stereocenters. The quantitative estimate of drug-likeness (QED) is 0.554. The number of carbonyl (C=O) groups is 1. The molecule has 0 aliphatic rings. The lowest BCUT2D eigenvalue weighted by atomic mass is 10.0. The maximum absolute atomic E-state index is 13.1. The van der Waals surface area contributed by atoms with Crippen molar-refractivity contribution in [1.82, 2.24) is 14.9 Å². The first-order valence-corrected chi connectivity index (χ1v) is 8.70. The third-order valence-corrected chi connectivity index (χ3v) is 4.70. The van der Waals surface area contributed by atoms with Crippen LogP contribution in [-0.4, -0.2) is 22.6 Å². The molecular weight excluding hydrogens is 365 g/mol. The summed E-state index contributed by atoms with van der Waals surface area (Å²) in [4.78, 5) is 11.9. The van der Waals surface area contributed by atoms with E-state index in [4.69, 9.17) is 11.6 Å². The number of nitrogens with zero attached hydrogens (tertiary/aromatic N) is 2. The van der Waals surface area contributed by atoms with Gasteiger partial charge in [0.15, 0.2) is 0 Å². The van der Waals surface area contributed by atoms with Crippen LogP contribution < -0.4 is 5.32 Å². The highest BCUT2D eigenvalue weighted by Crippen LogP contribution is 2.30. The van der Waals surface area contributed by atoms with Gasteiger partial charge in [0.05, 0.1) is 11.2 Å². The van der Waals surface area contributed by atoms with Crippen molar-refractivity contribution in [2.24, 2.45) is 0 Å². The zero-order chi connectivity index (χ0) is 19.0. The van der Waals surface area contributed by atoms with Gasteiger partial charge in [0.2, 0.25) is 0 Å². The van der Waals surface area contributed by atoms with Crippen molar-refractivity contribution in [3.63, 3.8) is 0 Å². The number of aromatic nitrogens is 2. The molecule has 134 valence electrons. The molecule has 2 aromatic carbocycles. The summed E-state index contributed by atoms with van der Waals surface area (Å²) in [7, 11) is 1.59. The Labute approximate surface area is 160 Å². The summed E-state index contributed by atoms with van der Waals surface area (Å²) in [6.45, 7) is 0. The van der Waals surface area contributed by atoms with Gasteiger partial charge in [-0.25, -0.2) is 8.91 Å². The fourth-order valence-electron chi connectivity index (χ4n) is 2.96.